The van der Waals surface area contributed by atoms with Crippen molar-refractivity contribution in [3.05, 3.63) is 59.1 Å². The maximum atomic E-state index is 12.1. The van der Waals surface area contributed by atoms with E-state index in [1.807, 2.05) is 50.2 Å². The van der Waals surface area contributed by atoms with E-state index in [-0.39, 0.29) is 5.57 Å². The fourth-order valence-corrected chi connectivity index (χ4v) is 2.27. The lowest BCUT2D eigenvalue weighted by Gasteiger charge is -2.16. The Morgan fingerprint density at radius 3 is 2.74 bits per heavy atom. The van der Waals surface area contributed by atoms with Gasteiger partial charge in [0.05, 0.1) is 6.26 Å². The predicted octanol–water partition coefficient (Wildman–Crippen LogP) is 2.88. The summed E-state index contributed by atoms with van der Waals surface area (Å²) in [4.78, 5) is 14.1. The number of nitriles is 1. The number of anilines is 1. The van der Waals surface area contributed by atoms with Crippen LogP contribution in [0.1, 0.15) is 16.9 Å². The predicted molar refractivity (Wildman–Crippen MR) is 89.7 cm³/mol. The molecule has 5 heteroatoms. The zero-order valence-electron chi connectivity index (χ0n) is 13.5. The second-order valence-electron chi connectivity index (χ2n) is 5.38. The lowest BCUT2D eigenvalue weighted by molar-refractivity contribution is -0.117. The minimum atomic E-state index is -0.418. The molecular weight excluding hydrogens is 290 g/mol. The molecule has 1 aromatic heterocycles. The molecule has 0 aliphatic heterocycles. The van der Waals surface area contributed by atoms with Gasteiger partial charge in [-0.1, -0.05) is 12.1 Å². The lowest BCUT2D eigenvalue weighted by Crippen LogP contribution is -2.24. The molecule has 0 spiro atoms. The monoisotopic (exact) mass is 309 g/mol. The average Bonchev–Trinajstić information content (AvgIpc) is 3.03. The van der Waals surface area contributed by atoms with Crippen LogP contribution in [0, 0.1) is 18.3 Å². The van der Waals surface area contributed by atoms with Gasteiger partial charge in [0.25, 0.3) is 5.91 Å². The molecule has 2 aromatic rings. The minimum absolute atomic E-state index is 0.0154. The number of furan rings is 1. The Balaban J connectivity index is 2.04. The number of aryl methyl sites for hydroxylation is 1. The van der Waals surface area contributed by atoms with Crippen molar-refractivity contribution in [2.45, 2.75) is 13.5 Å². The van der Waals surface area contributed by atoms with E-state index >= 15 is 0 Å². The number of nitrogens with one attached hydrogen (secondary N) is 1. The fraction of sp³-hybridized carbons (Fsp3) is 0.222. The highest BCUT2D eigenvalue weighted by Crippen LogP contribution is 2.19. The molecule has 0 bridgehead atoms. The molecule has 0 aliphatic carbocycles. The third-order valence-corrected chi connectivity index (χ3v) is 3.39. The largest absolute Gasteiger partial charge is 0.465 e. The summed E-state index contributed by atoms with van der Waals surface area (Å²) >= 11 is 0. The number of carbonyl (C=O) groups excluding carboxylic acids is 1. The number of benzene rings is 1. The third kappa shape index (κ3) is 4.24. The molecule has 1 N–H and O–H groups in total. The second kappa shape index (κ2) is 7.32. The summed E-state index contributed by atoms with van der Waals surface area (Å²) in [6.07, 6.45) is 2.92. The van der Waals surface area contributed by atoms with E-state index in [1.165, 1.54) is 12.3 Å². The Morgan fingerprint density at radius 2 is 2.17 bits per heavy atom. The molecule has 0 aliphatic rings. The number of nitrogens with zero attached hydrogens (tertiary/aromatic N) is 2. The van der Waals surface area contributed by atoms with Crippen molar-refractivity contribution in [3.63, 3.8) is 0 Å². The number of rotatable bonds is 5. The molecule has 0 atom stereocenters. The van der Waals surface area contributed by atoms with Crippen molar-refractivity contribution in [2.24, 2.45) is 0 Å². The van der Waals surface area contributed by atoms with Gasteiger partial charge in [0.15, 0.2) is 0 Å². The maximum absolute atomic E-state index is 12.1. The van der Waals surface area contributed by atoms with E-state index in [4.69, 9.17) is 9.68 Å². The van der Waals surface area contributed by atoms with Crippen LogP contribution in [0.3, 0.4) is 0 Å². The van der Waals surface area contributed by atoms with Crippen molar-refractivity contribution in [1.82, 2.24) is 5.32 Å². The van der Waals surface area contributed by atoms with Crippen LogP contribution in [0.2, 0.25) is 0 Å². The first kappa shape index (κ1) is 16.4. The zero-order valence-corrected chi connectivity index (χ0v) is 13.5. The van der Waals surface area contributed by atoms with E-state index < -0.39 is 5.91 Å². The van der Waals surface area contributed by atoms with E-state index in [1.54, 1.807) is 12.1 Å². The van der Waals surface area contributed by atoms with Gasteiger partial charge in [-0.15, -0.1) is 0 Å². The molecule has 0 saturated heterocycles. The van der Waals surface area contributed by atoms with Crippen LogP contribution in [0.15, 0.2) is 46.6 Å². The van der Waals surface area contributed by atoms with E-state index in [2.05, 4.69) is 5.32 Å². The summed E-state index contributed by atoms with van der Waals surface area (Å²) in [5, 5.41) is 11.9. The first-order chi connectivity index (χ1) is 11.0. The first-order valence-electron chi connectivity index (χ1n) is 7.21. The Bertz CT molecular complexity index is 753. The Hall–Kier alpha value is -3.00. The highest BCUT2D eigenvalue weighted by atomic mass is 16.3. The number of hydrogen-bond donors (Lipinski definition) is 1. The molecule has 0 unspecified atom stereocenters. The molecule has 1 heterocycles. The summed E-state index contributed by atoms with van der Waals surface area (Å²) in [5.74, 6) is 0.0566. The topological polar surface area (TPSA) is 69.3 Å². The quantitative estimate of drug-likeness (QED) is 0.681. The molecule has 2 rings (SSSR count). The van der Waals surface area contributed by atoms with Gasteiger partial charge >= 0.3 is 0 Å². The van der Waals surface area contributed by atoms with Gasteiger partial charge < -0.3 is 14.6 Å². The SMILES string of the molecule is Cc1cc(CNC(=O)/C(C#N)=C/c2ccco2)ccc1N(C)C. The zero-order chi connectivity index (χ0) is 16.8. The number of amides is 1. The molecule has 0 radical (unpaired) electrons. The molecule has 1 amide bonds. The minimum Gasteiger partial charge on any atom is -0.465 e. The molecule has 0 fully saturated rings. The van der Waals surface area contributed by atoms with Crippen LogP contribution in [-0.4, -0.2) is 20.0 Å². The van der Waals surface area contributed by atoms with Gasteiger partial charge in [0.2, 0.25) is 0 Å². The van der Waals surface area contributed by atoms with Crippen molar-refractivity contribution in [3.8, 4) is 6.07 Å². The fourth-order valence-electron chi connectivity index (χ4n) is 2.27. The van der Waals surface area contributed by atoms with Gasteiger partial charge in [-0.05, 0) is 36.2 Å². The van der Waals surface area contributed by atoms with E-state index in [9.17, 15) is 4.79 Å². The molecule has 5 nitrogen and oxygen atoms in total. The Labute approximate surface area is 135 Å². The van der Waals surface area contributed by atoms with Gasteiger partial charge in [-0.3, -0.25) is 4.79 Å². The van der Waals surface area contributed by atoms with Crippen LogP contribution in [0.5, 0.6) is 0 Å². The van der Waals surface area contributed by atoms with E-state index in [0.717, 1.165) is 16.8 Å². The van der Waals surface area contributed by atoms with Crippen LogP contribution < -0.4 is 10.2 Å². The van der Waals surface area contributed by atoms with Gasteiger partial charge in [0.1, 0.15) is 17.4 Å². The molecule has 118 valence electrons. The van der Waals surface area contributed by atoms with E-state index in [0.29, 0.717) is 12.3 Å². The summed E-state index contributed by atoms with van der Waals surface area (Å²) in [6, 6.07) is 11.3. The molecule has 1 aromatic carbocycles. The number of carbonyl (C=O) groups is 1. The van der Waals surface area contributed by atoms with Crippen molar-refractivity contribution in [2.75, 3.05) is 19.0 Å². The summed E-state index contributed by atoms with van der Waals surface area (Å²) < 4.78 is 5.12. The lowest BCUT2D eigenvalue weighted by atomic mass is 10.1. The van der Waals surface area contributed by atoms with Crippen molar-refractivity contribution < 1.29 is 9.21 Å². The second-order valence-corrected chi connectivity index (χ2v) is 5.38. The van der Waals surface area contributed by atoms with Crippen LogP contribution in [-0.2, 0) is 11.3 Å². The Kier molecular flexibility index (Phi) is 5.21. The molecule has 23 heavy (non-hydrogen) atoms. The summed E-state index contributed by atoms with van der Waals surface area (Å²) in [5.41, 5.74) is 3.27. The Morgan fingerprint density at radius 1 is 1.39 bits per heavy atom. The van der Waals surface area contributed by atoms with Crippen LogP contribution in [0.25, 0.3) is 6.08 Å². The first-order valence-corrected chi connectivity index (χ1v) is 7.21. The summed E-state index contributed by atoms with van der Waals surface area (Å²) in [7, 11) is 3.98. The van der Waals surface area contributed by atoms with Crippen molar-refractivity contribution >= 4 is 17.7 Å². The average molecular weight is 309 g/mol. The van der Waals surface area contributed by atoms with Gasteiger partial charge in [-0.25, -0.2) is 0 Å². The number of hydrogen-bond acceptors (Lipinski definition) is 4. The summed E-state index contributed by atoms with van der Waals surface area (Å²) in [6.45, 7) is 2.39. The third-order valence-electron chi connectivity index (χ3n) is 3.39. The normalized spacial score (nSPS) is 11.0. The van der Waals surface area contributed by atoms with Gasteiger partial charge in [0, 0.05) is 32.4 Å². The molecule has 0 saturated carbocycles. The highest BCUT2D eigenvalue weighted by Gasteiger charge is 2.10. The van der Waals surface area contributed by atoms with Crippen molar-refractivity contribution in [1.29, 1.82) is 5.26 Å². The smallest absolute Gasteiger partial charge is 0.262 e. The van der Waals surface area contributed by atoms with Crippen LogP contribution in [0.4, 0.5) is 5.69 Å². The molecular formula is C18H19N3O2. The van der Waals surface area contributed by atoms with Gasteiger partial charge in [-0.2, -0.15) is 5.26 Å². The van der Waals surface area contributed by atoms with Crippen LogP contribution >= 0.6 is 0 Å². The standard InChI is InChI=1S/C18H19N3O2/c1-13-9-14(6-7-17(13)21(2)3)12-20-18(22)15(11-19)10-16-5-4-8-23-16/h4-10H,12H2,1-3H3,(H,20,22)/b15-10+. The highest BCUT2D eigenvalue weighted by molar-refractivity contribution is 6.01. The maximum Gasteiger partial charge on any atom is 0.262 e.